The zero-order valence-electron chi connectivity index (χ0n) is 22.0. The highest BCUT2D eigenvalue weighted by Gasteiger charge is 2.32. The number of hydrogen-bond acceptors (Lipinski definition) is 5. The summed E-state index contributed by atoms with van der Waals surface area (Å²) in [6.07, 6.45) is -1.18. The average molecular weight is 550 g/mol. The molecule has 7 nitrogen and oxygen atoms in total. The van der Waals surface area contributed by atoms with E-state index >= 15 is 0 Å². The molecule has 0 saturated heterocycles. The van der Waals surface area contributed by atoms with Crippen LogP contribution in [0.25, 0.3) is 42.9 Å². The van der Waals surface area contributed by atoms with Crippen LogP contribution in [0.15, 0.2) is 53.3 Å². The number of carbonyl (C=O) groups is 1. The van der Waals surface area contributed by atoms with Gasteiger partial charge in [0, 0.05) is 35.8 Å². The van der Waals surface area contributed by atoms with Crippen LogP contribution in [-0.4, -0.2) is 30.8 Å². The first kappa shape index (κ1) is 26.2. The molecule has 1 atom stereocenters. The Morgan fingerprint density at radius 3 is 2.29 bits per heavy atom. The first-order valence-corrected chi connectivity index (χ1v) is 13.3. The molecule has 0 unspecified atom stereocenters. The van der Waals surface area contributed by atoms with Crippen molar-refractivity contribution in [3.05, 3.63) is 75.2 Å². The molecule has 5 rings (SSSR count). The van der Waals surface area contributed by atoms with Gasteiger partial charge in [-0.2, -0.15) is 0 Å². The van der Waals surface area contributed by atoms with Crippen molar-refractivity contribution in [1.29, 1.82) is 0 Å². The Balaban J connectivity index is 1.79. The minimum absolute atomic E-state index is 0.0923. The molecule has 0 aliphatic rings. The van der Waals surface area contributed by atoms with E-state index in [-0.39, 0.29) is 5.69 Å². The second-order valence-corrected chi connectivity index (χ2v) is 11.8. The molecule has 0 bridgehead atoms. The molecular formula is C29H28ClN3O4S. The van der Waals surface area contributed by atoms with Crippen LogP contribution >= 0.6 is 22.9 Å². The van der Waals surface area contributed by atoms with Crippen molar-refractivity contribution in [2.24, 2.45) is 14.1 Å². The van der Waals surface area contributed by atoms with E-state index in [0.717, 1.165) is 48.5 Å². The van der Waals surface area contributed by atoms with Crippen molar-refractivity contribution in [3.63, 3.8) is 0 Å². The molecule has 5 aromatic rings. The first-order valence-electron chi connectivity index (χ1n) is 12.1. The normalized spacial score (nSPS) is 12.9. The highest BCUT2D eigenvalue weighted by molar-refractivity contribution is 7.22. The Labute approximate surface area is 228 Å². The third-order valence-electron chi connectivity index (χ3n) is 6.54. The summed E-state index contributed by atoms with van der Waals surface area (Å²) in [6, 6.07) is 15.1. The number of benzene rings is 3. The molecule has 2 heterocycles. The van der Waals surface area contributed by atoms with Crippen LogP contribution in [0.2, 0.25) is 5.02 Å². The van der Waals surface area contributed by atoms with Crippen molar-refractivity contribution < 1.29 is 14.6 Å². The molecule has 0 radical (unpaired) electrons. The third kappa shape index (κ3) is 4.53. The Kier molecular flexibility index (Phi) is 6.46. The lowest BCUT2D eigenvalue weighted by Crippen LogP contribution is -2.28. The number of nitrogens with zero attached hydrogens (tertiary/aromatic N) is 3. The second kappa shape index (κ2) is 9.38. The number of aryl methyl sites for hydroxylation is 3. The SMILES string of the molecule is Cc1cc2nc(-c3ccc4c(c3)n(C)c(=O)n4C)sc2c(-c2ccc(Cl)cc2)c1[C@H](OC(C)(C)C)C(=O)O. The minimum atomic E-state index is -1.18. The number of thiazole rings is 1. The van der Waals surface area contributed by atoms with E-state index in [1.165, 1.54) is 11.3 Å². The molecule has 0 spiro atoms. The van der Waals surface area contributed by atoms with Crippen LogP contribution in [0.4, 0.5) is 0 Å². The van der Waals surface area contributed by atoms with Gasteiger partial charge in [-0.05, 0) is 75.2 Å². The van der Waals surface area contributed by atoms with Crippen LogP contribution in [0, 0.1) is 6.92 Å². The molecule has 1 N–H and O–H groups in total. The van der Waals surface area contributed by atoms with Crippen molar-refractivity contribution in [2.75, 3.05) is 0 Å². The molecule has 0 aliphatic heterocycles. The van der Waals surface area contributed by atoms with Gasteiger partial charge in [-0.15, -0.1) is 11.3 Å². The average Bonchev–Trinajstić information content (AvgIpc) is 3.36. The van der Waals surface area contributed by atoms with Crippen LogP contribution in [0.1, 0.15) is 38.0 Å². The van der Waals surface area contributed by atoms with E-state index in [4.69, 9.17) is 21.3 Å². The van der Waals surface area contributed by atoms with Crippen molar-refractivity contribution in [3.8, 4) is 21.7 Å². The lowest BCUT2D eigenvalue weighted by Gasteiger charge is -2.28. The summed E-state index contributed by atoms with van der Waals surface area (Å²) in [4.78, 5) is 29.9. The van der Waals surface area contributed by atoms with Gasteiger partial charge in [-0.3, -0.25) is 9.13 Å². The molecule has 2 aromatic heterocycles. The van der Waals surface area contributed by atoms with E-state index in [0.29, 0.717) is 10.6 Å². The lowest BCUT2D eigenvalue weighted by molar-refractivity contribution is -0.160. The summed E-state index contributed by atoms with van der Waals surface area (Å²) in [5.74, 6) is -1.06. The molecule has 38 heavy (non-hydrogen) atoms. The maximum absolute atomic E-state index is 12.5. The monoisotopic (exact) mass is 549 g/mol. The van der Waals surface area contributed by atoms with Crippen molar-refractivity contribution in [1.82, 2.24) is 14.1 Å². The number of imidazole rings is 1. The molecular weight excluding hydrogens is 522 g/mol. The van der Waals surface area contributed by atoms with Gasteiger partial charge >= 0.3 is 11.7 Å². The van der Waals surface area contributed by atoms with E-state index in [9.17, 15) is 14.7 Å². The van der Waals surface area contributed by atoms with Gasteiger partial charge in [0.25, 0.3) is 0 Å². The van der Waals surface area contributed by atoms with Gasteiger partial charge in [0.1, 0.15) is 5.01 Å². The van der Waals surface area contributed by atoms with Crippen molar-refractivity contribution >= 4 is 50.2 Å². The summed E-state index contributed by atoms with van der Waals surface area (Å²) in [6.45, 7) is 7.42. The fourth-order valence-electron chi connectivity index (χ4n) is 4.80. The van der Waals surface area contributed by atoms with Gasteiger partial charge in [-0.1, -0.05) is 23.7 Å². The van der Waals surface area contributed by atoms with Crippen LogP contribution < -0.4 is 5.69 Å². The van der Waals surface area contributed by atoms with E-state index in [2.05, 4.69) is 0 Å². The quantitative estimate of drug-likeness (QED) is 0.263. The van der Waals surface area contributed by atoms with Gasteiger partial charge < -0.3 is 9.84 Å². The predicted octanol–water partition coefficient (Wildman–Crippen LogP) is 6.72. The number of fused-ring (bicyclic) bond motifs is 2. The third-order valence-corrected chi connectivity index (χ3v) is 7.93. The predicted molar refractivity (Wildman–Crippen MR) is 153 cm³/mol. The number of hydrogen-bond donors (Lipinski definition) is 1. The highest BCUT2D eigenvalue weighted by Crippen LogP contribution is 2.44. The number of carboxylic acid groups (broad SMARTS) is 1. The zero-order chi connectivity index (χ0) is 27.5. The Hall–Kier alpha value is -3.46. The first-order chi connectivity index (χ1) is 17.9. The van der Waals surface area contributed by atoms with Crippen molar-refractivity contribution in [2.45, 2.75) is 39.4 Å². The maximum Gasteiger partial charge on any atom is 0.337 e. The minimum Gasteiger partial charge on any atom is -0.479 e. The Bertz CT molecular complexity index is 1770. The molecule has 196 valence electrons. The van der Waals surface area contributed by atoms with Gasteiger partial charge in [-0.25, -0.2) is 14.6 Å². The standard InChI is InChI=1S/C29H28ClN3O4S/c1-15-13-19-25(38-26(31-19)17-9-12-20-21(14-17)33(6)28(36)32(20)5)23(16-7-10-18(30)11-8-16)22(15)24(27(34)35)37-29(2,3)4/h7-14,24H,1-6H3,(H,34,35)/t24-/m0/s1. The summed E-state index contributed by atoms with van der Waals surface area (Å²) in [7, 11) is 3.51. The van der Waals surface area contributed by atoms with Crippen LogP contribution in [-0.2, 0) is 23.6 Å². The summed E-state index contributed by atoms with van der Waals surface area (Å²) >= 11 is 7.68. The largest absolute Gasteiger partial charge is 0.479 e. The van der Waals surface area contributed by atoms with Gasteiger partial charge in [0.15, 0.2) is 6.10 Å². The summed E-state index contributed by atoms with van der Waals surface area (Å²) < 4.78 is 10.2. The number of aromatic nitrogens is 3. The number of rotatable bonds is 5. The molecule has 0 amide bonds. The zero-order valence-corrected chi connectivity index (χ0v) is 23.6. The summed E-state index contributed by atoms with van der Waals surface area (Å²) in [5.41, 5.74) is 5.49. The number of carboxylic acids is 1. The van der Waals surface area contributed by atoms with E-state index in [1.54, 1.807) is 35.4 Å². The number of halogens is 1. The number of aliphatic carboxylic acids is 1. The van der Waals surface area contributed by atoms with E-state index in [1.807, 2.05) is 64.1 Å². The fourth-order valence-corrected chi connectivity index (χ4v) is 6.05. The second-order valence-electron chi connectivity index (χ2n) is 10.4. The van der Waals surface area contributed by atoms with Gasteiger partial charge in [0.2, 0.25) is 0 Å². The van der Waals surface area contributed by atoms with E-state index < -0.39 is 17.7 Å². The van der Waals surface area contributed by atoms with Gasteiger partial charge in [0.05, 0.1) is 26.9 Å². The fraction of sp³-hybridized carbons (Fsp3) is 0.276. The molecule has 0 fully saturated rings. The Morgan fingerprint density at radius 1 is 1.03 bits per heavy atom. The molecule has 0 aliphatic carbocycles. The molecule has 3 aromatic carbocycles. The summed E-state index contributed by atoms with van der Waals surface area (Å²) in [5, 5.41) is 11.6. The smallest absolute Gasteiger partial charge is 0.337 e. The molecule has 0 saturated carbocycles. The Morgan fingerprint density at radius 2 is 1.66 bits per heavy atom. The molecule has 9 heteroatoms. The maximum atomic E-state index is 12.5. The highest BCUT2D eigenvalue weighted by atomic mass is 35.5. The topological polar surface area (TPSA) is 86.4 Å². The number of ether oxygens (including phenoxy) is 1. The van der Waals surface area contributed by atoms with Crippen LogP contribution in [0.3, 0.4) is 0 Å². The van der Waals surface area contributed by atoms with Crippen LogP contribution in [0.5, 0.6) is 0 Å². The lowest BCUT2D eigenvalue weighted by atomic mass is 9.91.